The van der Waals surface area contributed by atoms with E-state index in [4.69, 9.17) is 17.0 Å². The molecule has 0 saturated carbocycles. The molecule has 0 unspecified atom stereocenters. The molecule has 0 radical (unpaired) electrons. The van der Waals surface area contributed by atoms with Gasteiger partial charge in [0.05, 0.1) is 18.3 Å². The Bertz CT molecular complexity index is 853. The Balaban J connectivity index is 2.26. The van der Waals surface area contributed by atoms with Gasteiger partial charge in [-0.15, -0.1) is 0 Å². The summed E-state index contributed by atoms with van der Waals surface area (Å²) in [5.41, 5.74) is 3.73. The quantitative estimate of drug-likeness (QED) is 0.706. The van der Waals surface area contributed by atoms with E-state index in [2.05, 4.69) is 25.9 Å². The molecule has 0 aliphatic rings. The van der Waals surface area contributed by atoms with E-state index in [1.807, 2.05) is 35.8 Å². The molecule has 2 heterocycles. The molecule has 1 N–H and O–H groups in total. The summed E-state index contributed by atoms with van der Waals surface area (Å²) < 4.78 is 8.74. The Morgan fingerprint density at radius 3 is 2.85 bits per heavy atom. The van der Waals surface area contributed by atoms with Crippen LogP contribution in [-0.4, -0.2) is 21.6 Å². The summed E-state index contributed by atoms with van der Waals surface area (Å²) in [5, 5.41) is 0. The molecular formula is C14H12BrN3OS. The molecule has 0 bridgehead atoms. The molecule has 3 rings (SSSR count). The van der Waals surface area contributed by atoms with Crippen molar-refractivity contribution in [1.29, 1.82) is 0 Å². The fourth-order valence-electron chi connectivity index (χ4n) is 2.21. The topological polar surface area (TPSA) is 42.8 Å². The van der Waals surface area contributed by atoms with Crippen LogP contribution in [0, 0.1) is 11.7 Å². The molecular weight excluding hydrogens is 338 g/mol. The Morgan fingerprint density at radius 2 is 2.15 bits per heavy atom. The lowest BCUT2D eigenvalue weighted by Crippen LogP contribution is -1.97. The van der Waals surface area contributed by atoms with Crippen molar-refractivity contribution in [3.8, 4) is 11.4 Å². The fraction of sp³-hybridized carbons (Fsp3) is 0.143. The number of benzene rings is 1. The number of aromatic amines is 1. The zero-order valence-electron chi connectivity index (χ0n) is 11.0. The summed E-state index contributed by atoms with van der Waals surface area (Å²) in [7, 11) is 1.67. The number of aromatic nitrogens is 3. The summed E-state index contributed by atoms with van der Waals surface area (Å²) in [5.74, 6) is 0.857. The summed E-state index contributed by atoms with van der Waals surface area (Å²) in [6.45, 7) is 2.00. The van der Waals surface area contributed by atoms with Crippen molar-refractivity contribution in [2.45, 2.75) is 6.92 Å². The number of imidazole rings is 1. The maximum atomic E-state index is 5.40. The van der Waals surface area contributed by atoms with Gasteiger partial charge in [-0.05, 0) is 64.9 Å². The van der Waals surface area contributed by atoms with Crippen molar-refractivity contribution in [2.24, 2.45) is 0 Å². The van der Waals surface area contributed by atoms with Crippen LogP contribution in [0.3, 0.4) is 0 Å². The highest BCUT2D eigenvalue weighted by Gasteiger charge is 2.09. The number of pyridine rings is 1. The van der Waals surface area contributed by atoms with Gasteiger partial charge in [0.1, 0.15) is 5.75 Å². The molecule has 2 aromatic heterocycles. The highest BCUT2D eigenvalue weighted by Crippen LogP contribution is 2.24. The van der Waals surface area contributed by atoms with E-state index in [1.54, 1.807) is 13.3 Å². The van der Waals surface area contributed by atoms with Gasteiger partial charge in [0, 0.05) is 10.7 Å². The molecule has 0 aliphatic carbocycles. The molecule has 3 aromatic rings. The molecule has 1 aromatic carbocycles. The second kappa shape index (κ2) is 5.03. The van der Waals surface area contributed by atoms with Crippen LogP contribution < -0.4 is 4.74 Å². The van der Waals surface area contributed by atoms with Crippen molar-refractivity contribution in [2.75, 3.05) is 7.11 Å². The van der Waals surface area contributed by atoms with E-state index >= 15 is 0 Å². The number of halogens is 1. The second-order valence-corrected chi connectivity index (χ2v) is 5.75. The molecule has 0 atom stereocenters. The molecule has 6 heteroatoms. The molecule has 102 valence electrons. The minimum Gasteiger partial charge on any atom is -0.496 e. The number of hydrogen-bond acceptors (Lipinski definition) is 3. The predicted molar refractivity (Wildman–Crippen MR) is 85.2 cm³/mol. The van der Waals surface area contributed by atoms with Gasteiger partial charge >= 0.3 is 0 Å². The Kier molecular flexibility index (Phi) is 3.35. The molecule has 0 aliphatic heterocycles. The van der Waals surface area contributed by atoms with Crippen molar-refractivity contribution in [3.63, 3.8) is 0 Å². The Hall–Kier alpha value is -1.66. The maximum absolute atomic E-state index is 5.40. The molecule has 0 fully saturated rings. The van der Waals surface area contributed by atoms with Gasteiger partial charge in [-0.2, -0.15) is 0 Å². The number of nitrogens with one attached hydrogen (secondary N) is 1. The lowest BCUT2D eigenvalue weighted by molar-refractivity contribution is 0.411. The van der Waals surface area contributed by atoms with Gasteiger partial charge < -0.3 is 9.72 Å². The van der Waals surface area contributed by atoms with E-state index in [0.29, 0.717) is 4.77 Å². The lowest BCUT2D eigenvalue weighted by atomic mass is 10.2. The molecule has 0 amide bonds. The molecule has 0 spiro atoms. The predicted octanol–water partition coefficient (Wildman–Crippen LogP) is 4.16. The monoisotopic (exact) mass is 349 g/mol. The van der Waals surface area contributed by atoms with Crippen molar-refractivity contribution < 1.29 is 4.74 Å². The van der Waals surface area contributed by atoms with Gasteiger partial charge in [0.15, 0.2) is 10.4 Å². The standard InChI is InChI=1S/C14H12BrN3OS/c1-8-5-10(3-4-12(8)19-2)18-13-11(17-14(18)20)6-9(15)7-16-13/h3-7H,1-2H3,(H,17,20). The normalized spacial score (nSPS) is 10.9. The van der Waals surface area contributed by atoms with Gasteiger partial charge in [0.25, 0.3) is 0 Å². The Labute approximate surface area is 129 Å². The van der Waals surface area contributed by atoms with Crippen LogP contribution in [0.15, 0.2) is 34.9 Å². The van der Waals surface area contributed by atoms with Crippen LogP contribution >= 0.6 is 28.1 Å². The first-order chi connectivity index (χ1) is 9.60. The third kappa shape index (κ3) is 2.14. The first kappa shape index (κ1) is 13.3. The van der Waals surface area contributed by atoms with E-state index in [1.165, 1.54) is 0 Å². The largest absolute Gasteiger partial charge is 0.496 e. The van der Waals surface area contributed by atoms with Crippen LogP contribution in [0.2, 0.25) is 0 Å². The van der Waals surface area contributed by atoms with Gasteiger partial charge in [-0.25, -0.2) is 4.98 Å². The average Bonchev–Trinajstić information content (AvgIpc) is 2.73. The van der Waals surface area contributed by atoms with Gasteiger partial charge in [-0.3, -0.25) is 4.57 Å². The summed E-state index contributed by atoms with van der Waals surface area (Å²) in [4.78, 5) is 7.61. The first-order valence-electron chi connectivity index (χ1n) is 6.01. The molecule has 20 heavy (non-hydrogen) atoms. The van der Waals surface area contributed by atoms with Crippen molar-refractivity contribution >= 4 is 39.3 Å². The third-order valence-corrected chi connectivity index (χ3v) is 3.84. The Morgan fingerprint density at radius 1 is 1.35 bits per heavy atom. The smallest absolute Gasteiger partial charge is 0.183 e. The second-order valence-electron chi connectivity index (χ2n) is 4.44. The lowest BCUT2D eigenvalue weighted by Gasteiger charge is -2.08. The average molecular weight is 350 g/mol. The zero-order valence-corrected chi connectivity index (χ0v) is 13.4. The highest BCUT2D eigenvalue weighted by molar-refractivity contribution is 9.10. The maximum Gasteiger partial charge on any atom is 0.183 e. The van der Waals surface area contributed by atoms with Crippen LogP contribution in [0.4, 0.5) is 0 Å². The minimum atomic E-state index is 0.621. The number of aryl methyl sites for hydroxylation is 1. The molecule has 0 saturated heterocycles. The van der Waals surface area contributed by atoms with Crippen LogP contribution in [0.5, 0.6) is 5.75 Å². The number of methoxy groups -OCH3 is 1. The van der Waals surface area contributed by atoms with Gasteiger partial charge in [0.2, 0.25) is 0 Å². The zero-order chi connectivity index (χ0) is 14.3. The number of nitrogens with zero attached hydrogens (tertiary/aromatic N) is 2. The SMILES string of the molecule is COc1ccc(-n2c(=S)[nH]c3cc(Br)cnc32)cc1C. The van der Waals surface area contributed by atoms with Crippen LogP contribution in [-0.2, 0) is 0 Å². The number of fused-ring (bicyclic) bond motifs is 1. The van der Waals surface area contributed by atoms with E-state index in [9.17, 15) is 0 Å². The fourth-order valence-corrected chi connectivity index (χ4v) is 2.84. The number of hydrogen-bond donors (Lipinski definition) is 1. The van der Waals surface area contributed by atoms with Crippen LogP contribution in [0.1, 0.15) is 5.56 Å². The van der Waals surface area contributed by atoms with Crippen molar-refractivity contribution in [3.05, 3.63) is 45.3 Å². The highest BCUT2D eigenvalue weighted by atomic mass is 79.9. The summed E-state index contributed by atoms with van der Waals surface area (Å²) in [6.07, 6.45) is 1.76. The third-order valence-electron chi connectivity index (χ3n) is 3.13. The molecule has 4 nitrogen and oxygen atoms in total. The van der Waals surface area contributed by atoms with Crippen LogP contribution in [0.25, 0.3) is 16.9 Å². The number of rotatable bonds is 2. The number of ether oxygens (including phenoxy) is 1. The minimum absolute atomic E-state index is 0.621. The number of H-pyrrole nitrogens is 1. The summed E-state index contributed by atoms with van der Waals surface area (Å²) >= 11 is 8.81. The first-order valence-corrected chi connectivity index (χ1v) is 7.21. The van der Waals surface area contributed by atoms with Crippen molar-refractivity contribution in [1.82, 2.24) is 14.5 Å². The van der Waals surface area contributed by atoms with E-state index in [0.717, 1.165) is 32.6 Å². The summed E-state index contributed by atoms with van der Waals surface area (Å²) in [6, 6.07) is 7.90. The van der Waals surface area contributed by atoms with Gasteiger partial charge in [-0.1, -0.05) is 0 Å². The van der Waals surface area contributed by atoms with E-state index in [-0.39, 0.29) is 0 Å². The van der Waals surface area contributed by atoms with E-state index < -0.39 is 0 Å².